The standard InChI is InChI=1S/C15H24N2O/c1-11-8-15(5-4-13(11)9-16-3)17-7-6-14(10-17)12(2)18/h4-5,8,12,14,16,18H,6-7,9-10H2,1-3H3. The van der Waals surface area contributed by atoms with Crippen molar-refractivity contribution in [3.63, 3.8) is 0 Å². The van der Waals surface area contributed by atoms with Crippen molar-refractivity contribution in [3.8, 4) is 0 Å². The lowest BCUT2D eigenvalue weighted by Crippen LogP contribution is -2.24. The zero-order chi connectivity index (χ0) is 13.1. The van der Waals surface area contributed by atoms with Crippen LogP contribution in [0.15, 0.2) is 18.2 Å². The second-order valence-corrected chi connectivity index (χ2v) is 5.38. The summed E-state index contributed by atoms with van der Waals surface area (Å²) < 4.78 is 0. The summed E-state index contributed by atoms with van der Waals surface area (Å²) >= 11 is 0. The van der Waals surface area contributed by atoms with E-state index < -0.39 is 0 Å². The summed E-state index contributed by atoms with van der Waals surface area (Å²) in [6, 6.07) is 6.66. The Morgan fingerprint density at radius 3 is 2.83 bits per heavy atom. The highest BCUT2D eigenvalue weighted by Crippen LogP contribution is 2.27. The fourth-order valence-corrected chi connectivity index (χ4v) is 2.68. The summed E-state index contributed by atoms with van der Waals surface area (Å²) in [4.78, 5) is 2.38. The highest BCUT2D eigenvalue weighted by atomic mass is 16.3. The zero-order valence-corrected chi connectivity index (χ0v) is 11.6. The van der Waals surface area contributed by atoms with Gasteiger partial charge in [-0.25, -0.2) is 0 Å². The van der Waals surface area contributed by atoms with Crippen molar-refractivity contribution in [2.24, 2.45) is 5.92 Å². The van der Waals surface area contributed by atoms with Gasteiger partial charge in [0.05, 0.1) is 6.10 Å². The van der Waals surface area contributed by atoms with Crippen LogP contribution in [0.4, 0.5) is 5.69 Å². The number of benzene rings is 1. The zero-order valence-electron chi connectivity index (χ0n) is 11.6. The van der Waals surface area contributed by atoms with E-state index in [1.165, 1.54) is 16.8 Å². The van der Waals surface area contributed by atoms with Crippen molar-refractivity contribution in [1.82, 2.24) is 5.32 Å². The first-order valence-electron chi connectivity index (χ1n) is 6.79. The van der Waals surface area contributed by atoms with Gasteiger partial charge >= 0.3 is 0 Å². The second kappa shape index (κ2) is 5.72. The summed E-state index contributed by atoms with van der Waals surface area (Å²) in [6.45, 7) is 7.01. The van der Waals surface area contributed by atoms with E-state index >= 15 is 0 Å². The van der Waals surface area contributed by atoms with Crippen molar-refractivity contribution < 1.29 is 5.11 Å². The molecule has 3 nitrogen and oxygen atoms in total. The van der Waals surface area contributed by atoms with Crippen LogP contribution in [-0.2, 0) is 6.54 Å². The van der Waals surface area contributed by atoms with Gasteiger partial charge in [0.15, 0.2) is 0 Å². The van der Waals surface area contributed by atoms with Crippen LogP contribution in [0.1, 0.15) is 24.5 Å². The van der Waals surface area contributed by atoms with Crippen LogP contribution in [0.5, 0.6) is 0 Å². The monoisotopic (exact) mass is 248 g/mol. The third-order valence-corrected chi connectivity index (χ3v) is 3.97. The predicted octanol–water partition coefficient (Wildman–Crippen LogP) is 1.92. The smallest absolute Gasteiger partial charge is 0.0557 e. The largest absolute Gasteiger partial charge is 0.393 e. The fourth-order valence-electron chi connectivity index (χ4n) is 2.68. The SMILES string of the molecule is CNCc1ccc(N2CCC(C(C)O)C2)cc1C. The quantitative estimate of drug-likeness (QED) is 0.854. The average molecular weight is 248 g/mol. The topological polar surface area (TPSA) is 35.5 Å². The van der Waals surface area contributed by atoms with Crippen molar-refractivity contribution in [2.45, 2.75) is 32.9 Å². The van der Waals surface area contributed by atoms with E-state index in [2.05, 4.69) is 35.3 Å². The molecule has 1 aromatic rings. The first-order valence-corrected chi connectivity index (χ1v) is 6.79. The molecule has 2 rings (SSSR count). The van der Waals surface area contributed by atoms with Crippen molar-refractivity contribution in [3.05, 3.63) is 29.3 Å². The Hall–Kier alpha value is -1.06. The van der Waals surface area contributed by atoms with Gasteiger partial charge in [0.25, 0.3) is 0 Å². The number of hydrogen-bond acceptors (Lipinski definition) is 3. The van der Waals surface area contributed by atoms with Gasteiger partial charge in [0.2, 0.25) is 0 Å². The molecule has 1 aliphatic rings. The highest BCUT2D eigenvalue weighted by molar-refractivity contribution is 5.51. The van der Waals surface area contributed by atoms with Crippen LogP contribution >= 0.6 is 0 Å². The maximum atomic E-state index is 9.65. The molecular formula is C15H24N2O. The molecule has 1 aromatic carbocycles. The number of nitrogens with zero attached hydrogens (tertiary/aromatic N) is 1. The molecule has 0 aliphatic carbocycles. The van der Waals surface area contributed by atoms with E-state index in [4.69, 9.17) is 0 Å². The molecule has 2 N–H and O–H groups in total. The summed E-state index contributed by atoms with van der Waals surface area (Å²) in [7, 11) is 1.97. The number of aryl methyl sites for hydroxylation is 1. The van der Waals surface area contributed by atoms with Gasteiger partial charge in [-0.15, -0.1) is 0 Å². The third kappa shape index (κ3) is 2.85. The van der Waals surface area contributed by atoms with Gasteiger partial charge in [-0.3, -0.25) is 0 Å². The maximum Gasteiger partial charge on any atom is 0.0557 e. The normalized spacial score (nSPS) is 21.3. The molecule has 2 atom stereocenters. The maximum absolute atomic E-state index is 9.65. The van der Waals surface area contributed by atoms with E-state index in [-0.39, 0.29) is 6.10 Å². The second-order valence-electron chi connectivity index (χ2n) is 5.38. The Morgan fingerprint density at radius 2 is 2.28 bits per heavy atom. The van der Waals surface area contributed by atoms with Crippen LogP contribution in [-0.4, -0.2) is 31.3 Å². The lowest BCUT2D eigenvalue weighted by Gasteiger charge is -2.21. The number of anilines is 1. The summed E-state index contributed by atoms with van der Waals surface area (Å²) in [5.74, 6) is 0.419. The van der Waals surface area contributed by atoms with Gasteiger partial charge in [-0.1, -0.05) is 6.07 Å². The molecular weight excluding hydrogens is 224 g/mol. The molecule has 0 amide bonds. The molecule has 18 heavy (non-hydrogen) atoms. The van der Waals surface area contributed by atoms with Crippen LogP contribution in [0.2, 0.25) is 0 Å². The molecule has 1 aliphatic heterocycles. The van der Waals surface area contributed by atoms with E-state index in [1.807, 2.05) is 14.0 Å². The van der Waals surface area contributed by atoms with Crippen LogP contribution in [0.25, 0.3) is 0 Å². The van der Waals surface area contributed by atoms with Crippen molar-refractivity contribution in [2.75, 3.05) is 25.0 Å². The summed E-state index contributed by atoms with van der Waals surface area (Å²) in [6.07, 6.45) is 0.897. The Morgan fingerprint density at radius 1 is 1.50 bits per heavy atom. The average Bonchev–Trinajstić information content (AvgIpc) is 2.81. The Labute approximate surface area is 110 Å². The van der Waals surface area contributed by atoms with Gasteiger partial charge in [0.1, 0.15) is 0 Å². The van der Waals surface area contributed by atoms with Crippen molar-refractivity contribution in [1.29, 1.82) is 0 Å². The Bertz CT molecular complexity index is 403. The number of aliphatic hydroxyl groups excluding tert-OH is 1. The van der Waals surface area contributed by atoms with E-state index in [0.717, 1.165) is 26.1 Å². The number of aliphatic hydroxyl groups is 1. The van der Waals surface area contributed by atoms with Gasteiger partial charge < -0.3 is 15.3 Å². The van der Waals surface area contributed by atoms with Gasteiger partial charge in [-0.2, -0.15) is 0 Å². The van der Waals surface area contributed by atoms with Crippen LogP contribution < -0.4 is 10.2 Å². The third-order valence-electron chi connectivity index (χ3n) is 3.97. The minimum absolute atomic E-state index is 0.195. The lowest BCUT2D eigenvalue weighted by molar-refractivity contribution is 0.136. The number of hydrogen-bond donors (Lipinski definition) is 2. The number of nitrogens with one attached hydrogen (secondary N) is 1. The van der Waals surface area contributed by atoms with Crippen LogP contribution in [0, 0.1) is 12.8 Å². The van der Waals surface area contributed by atoms with E-state index in [1.54, 1.807) is 0 Å². The van der Waals surface area contributed by atoms with Gasteiger partial charge in [0, 0.05) is 31.2 Å². The molecule has 0 saturated carbocycles. The Kier molecular flexibility index (Phi) is 4.25. The number of rotatable bonds is 4. The minimum atomic E-state index is -0.195. The Balaban J connectivity index is 2.08. The minimum Gasteiger partial charge on any atom is -0.393 e. The fraction of sp³-hybridized carbons (Fsp3) is 0.600. The lowest BCUT2D eigenvalue weighted by atomic mass is 10.0. The first kappa shape index (κ1) is 13.4. The molecule has 0 spiro atoms. The van der Waals surface area contributed by atoms with Gasteiger partial charge in [-0.05, 0) is 50.6 Å². The molecule has 3 heteroatoms. The van der Waals surface area contributed by atoms with Crippen LogP contribution in [0.3, 0.4) is 0 Å². The van der Waals surface area contributed by atoms with Crippen molar-refractivity contribution >= 4 is 5.69 Å². The molecule has 2 unspecified atom stereocenters. The van der Waals surface area contributed by atoms with E-state index in [0.29, 0.717) is 5.92 Å². The summed E-state index contributed by atoms with van der Waals surface area (Å²) in [5, 5.41) is 12.8. The molecule has 0 bridgehead atoms. The summed E-state index contributed by atoms with van der Waals surface area (Å²) in [5.41, 5.74) is 3.98. The van der Waals surface area contributed by atoms with E-state index in [9.17, 15) is 5.11 Å². The molecule has 1 saturated heterocycles. The molecule has 1 heterocycles. The molecule has 0 aromatic heterocycles. The first-order chi connectivity index (χ1) is 8.61. The highest BCUT2D eigenvalue weighted by Gasteiger charge is 2.26. The molecule has 0 radical (unpaired) electrons. The molecule has 1 fully saturated rings. The predicted molar refractivity (Wildman–Crippen MR) is 75.9 cm³/mol. The molecule has 100 valence electrons.